The first-order valence-corrected chi connectivity index (χ1v) is 6.82. The van der Waals surface area contributed by atoms with Gasteiger partial charge in [-0.1, -0.05) is 29.3 Å². The summed E-state index contributed by atoms with van der Waals surface area (Å²) in [6, 6.07) is 5.55. The Bertz CT molecular complexity index is 449. The Labute approximate surface area is 117 Å². The molecule has 0 fully saturated rings. The maximum atomic E-state index is 6.05. The van der Waals surface area contributed by atoms with Gasteiger partial charge >= 0.3 is 0 Å². The zero-order chi connectivity index (χ0) is 13.0. The van der Waals surface area contributed by atoms with Crippen LogP contribution in [-0.4, -0.2) is 25.5 Å². The highest BCUT2D eigenvalue weighted by Gasteiger charge is 2.20. The summed E-state index contributed by atoms with van der Waals surface area (Å²) in [5, 5.41) is 4.37. The predicted molar refractivity (Wildman–Crippen MR) is 75.8 cm³/mol. The summed E-state index contributed by atoms with van der Waals surface area (Å²) in [6.07, 6.45) is 0.869. The summed E-state index contributed by atoms with van der Waals surface area (Å²) in [5.41, 5.74) is 0.972. The molecule has 0 aliphatic carbocycles. The van der Waals surface area contributed by atoms with Gasteiger partial charge < -0.3 is 10.1 Å². The van der Waals surface area contributed by atoms with Crippen molar-refractivity contribution < 1.29 is 4.74 Å². The average molecular weight is 287 g/mol. The van der Waals surface area contributed by atoms with Gasteiger partial charge in [-0.25, -0.2) is 0 Å². The molecule has 5 heteroatoms. The molecule has 1 N–H and O–H groups in total. The Balaban J connectivity index is 2.28. The van der Waals surface area contributed by atoms with Crippen LogP contribution in [0.15, 0.2) is 23.2 Å². The van der Waals surface area contributed by atoms with Crippen molar-refractivity contribution in [2.75, 3.05) is 19.7 Å². The van der Waals surface area contributed by atoms with Crippen molar-refractivity contribution in [1.82, 2.24) is 5.32 Å². The van der Waals surface area contributed by atoms with Crippen LogP contribution in [0.25, 0.3) is 0 Å². The number of amidine groups is 1. The Morgan fingerprint density at radius 3 is 2.83 bits per heavy atom. The molecule has 1 heterocycles. The fraction of sp³-hybridized carbons (Fsp3) is 0.462. The fourth-order valence-electron chi connectivity index (χ4n) is 1.90. The van der Waals surface area contributed by atoms with Gasteiger partial charge in [-0.15, -0.1) is 0 Å². The van der Waals surface area contributed by atoms with E-state index in [0.29, 0.717) is 16.7 Å². The van der Waals surface area contributed by atoms with Gasteiger partial charge in [-0.2, -0.15) is 0 Å². The van der Waals surface area contributed by atoms with Crippen molar-refractivity contribution >= 4 is 29.0 Å². The van der Waals surface area contributed by atoms with E-state index >= 15 is 0 Å². The normalized spacial score (nSPS) is 16.9. The van der Waals surface area contributed by atoms with Crippen molar-refractivity contribution in [2.24, 2.45) is 4.99 Å². The van der Waals surface area contributed by atoms with E-state index in [4.69, 9.17) is 27.9 Å². The molecular formula is C13H16Cl2N2O. The number of halogens is 2. The molecule has 0 unspecified atom stereocenters. The highest BCUT2D eigenvalue weighted by molar-refractivity contribution is 6.42. The molecule has 0 saturated heterocycles. The van der Waals surface area contributed by atoms with Crippen LogP contribution in [0.4, 0.5) is 0 Å². The van der Waals surface area contributed by atoms with E-state index in [1.165, 1.54) is 0 Å². The number of nitrogens with zero attached hydrogens (tertiary/aromatic N) is 1. The molecular weight excluding hydrogens is 271 g/mol. The van der Waals surface area contributed by atoms with Crippen LogP contribution in [0.3, 0.4) is 0 Å². The van der Waals surface area contributed by atoms with Crippen LogP contribution >= 0.6 is 23.2 Å². The van der Waals surface area contributed by atoms with E-state index in [1.807, 2.05) is 19.1 Å². The third-order valence-corrected chi connectivity index (χ3v) is 3.49. The van der Waals surface area contributed by atoms with Gasteiger partial charge in [0.25, 0.3) is 0 Å². The van der Waals surface area contributed by atoms with Gasteiger partial charge in [0.2, 0.25) is 0 Å². The highest BCUT2D eigenvalue weighted by Crippen LogP contribution is 2.28. The first-order chi connectivity index (χ1) is 8.72. The summed E-state index contributed by atoms with van der Waals surface area (Å²) >= 11 is 12.0. The lowest BCUT2D eigenvalue weighted by molar-refractivity contribution is 0.107. The van der Waals surface area contributed by atoms with Gasteiger partial charge in [0, 0.05) is 19.7 Å². The van der Waals surface area contributed by atoms with Crippen LogP contribution in [-0.2, 0) is 4.74 Å². The SMILES string of the molecule is CCO[C@H](C1=NCCCN1)c1ccc(Cl)c(Cl)c1. The Morgan fingerprint density at radius 1 is 1.39 bits per heavy atom. The van der Waals surface area contributed by atoms with Crippen molar-refractivity contribution in [1.29, 1.82) is 0 Å². The topological polar surface area (TPSA) is 33.6 Å². The molecule has 1 atom stereocenters. The Kier molecular flexibility index (Phi) is 4.87. The molecule has 0 saturated carbocycles. The second-order valence-corrected chi connectivity index (χ2v) is 4.87. The second-order valence-electron chi connectivity index (χ2n) is 4.06. The molecule has 3 nitrogen and oxygen atoms in total. The van der Waals surface area contributed by atoms with Crippen LogP contribution in [0, 0.1) is 0 Å². The third kappa shape index (κ3) is 3.16. The van der Waals surface area contributed by atoms with Gasteiger partial charge in [0.1, 0.15) is 11.9 Å². The number of aliphatic imine (C=N–C) groups is 1. The van der Waals surface area contributed by atoms with Gasteiger partial charge in [-0.3, -0.25) is 4.99 Å². The van der Waals surface area contributed by atoms with Crippen molar-refractivity contribution in [3.63, 3.8) is 0 Å². The summed E-state index contributed by atoms with van der Waals surface area (Å²) in [7, 11) is 0. The minimum absolute atomic E-state index is 0.190. The van der Waals surface area contributed by atoms with Crippen LogP contribution in [0.1, 0.15) is 25.0 Å². The number of hydrogen-bond donors (Lipinski definition) is 1. The molecule has 0 bridgehead atoms. The van der Waals surface area contributed by atoms with Crippen molar-refractivity contribution in [3.05, 3.63) is 33.8 Å². The van der Waals surface area contributed by atoms with E-state index in [0.717, 1.165) is 30.9 Å². The zero-order valence-electron chi connectivity index (χ0n) is 10.2. The van der Waals surface area contributed by atoms with Gasteiger partial charge in [0.05, 0.1) is 10.0 Å². The summed E-state index contributed by atoms with van der Waals surface area (Å²) in [5.74, 6) is 0.876. The average Bonchev–Trinajstić information content (AvgIpc) is 2.40. The zero-order valence-corrected chi connectivity index (χ0v) is 11.8. The molecule has 1 aliphatic rings. The molecule has 0 aromatic heterocycles. The van der Waals surface area contributed by atoms with E-state index < -0.39 is 0 Å². The molecule has 0 spiro atoms. The lowest BCUT2D eigenvalue weighted by atomic mass is 10.1. The van der Waals surface area contributed by atoms with Crippen molar-refractivity contribution in [3.8, 4) is 0 Å². The largest absolute Gasteiger partial charge is 0.371 e. The Morgan fingerprint density at radius 2 is 2.22 bits per heavy atom. The maximum Gasteiger partial charge on any atom is 0.139 e. The summed E-state index contributed by atoms with van der Waals surface area (Å²) in [6.45, 7) is 4.36. The Hall–Kier alpha value is -0.770. The van der Waals surface area contributed by atoms with Gasteiger partial charge in [-0.05, 0) is 31.0 Å². The first-order valence-electron chi connectivity index (χ1n) is 6.07. The molecule has 1 aromatic carbocycles. The van der Waals surface area contributed by atoms with E-state index in [1.54, 1.807) is 6.07 Å². The lowest BCUT2D eigenvalue weighted by Gasteiger charge is -2.24. The smallest absolute Gasteiger partial charge is 0.139 e. The molecule has 2 rings (SSSR count). The van der Waals surface area contributed by atoms with E-state index in [2.05, 4.69) is 10.3 Å². The summed E-state index contributed by atoms with van der Waals surface area (Å²) in [4.78, 5) is 4.48. The second kappa shape index (κ2) is 6.41. The molecule has 1 aromatic rings. The molecule has 98 valence electrons. The molecule has 18 heavy (non-hydrogen) atoms. The van der Waals surface area contributed by atoms with Crippen LogP contribution in [0.5, 0.6) is 0 Å². The number of ether oxygens (including phenoxy) is 1. The van der Waals surface area contributed by atoms with Crippen LogP contribution < -0.4 is 5.32 Å². The van der Waals surface area contributed by atoms with Gasteiger partial charge in [0.15, 0.2) is 0 Å². The summed E-state index contributed by atoms with van der Waals surface area (Å²) < 4.78 is 5.77. The van der Waals surface area contributed by atoms with Crippen LogP contribution in [0.2, 0.25) is 10.0 Å². The molecule has 1 aliphatic heterocycles. The maximum absolute atomic E-state index is 6.05. The monoisotopic (exact) mass is 286 g/mol. The number of hydrogen-bond acceptors (Lipinski definition) is 3. The standard InChI is InChI=1S/C13H16Cl2N2O/c1-2-18-12(13-16-6-3-7-17-13)9-4-5-10(14)11(15)8-9/h4-5,8,12H,2-3,6-7H2,1H3,(H,16,17)/t12-/m0/s1. The molecule has 0 radical (unpaired) electrons. The lowest BCUT2D eigenvalue weighted by Crippen LogP contribution is -2.35. The quantitative estimate of drug-likeness (QED) is 0.920. The highest BCUT2D eigenvalue weighted by atomic mass is 35.5. The van der Waals surface area contributed by atoms with E-state index in [-0.39, 0.29) is 6.10 Å². The van der Waals surface area contributed by atoms with E-state index in [9.17, 15) is 0 Å². The first kappa shape index (κ1) is 13.7. The van der Waals surface area contributed by atoms with Crippen molar-refractivity contribution in [2.45, 2.75) is 19.4 Å². The predicted octanol–water partition coefficient (Wildman–Crippen LogP) is 3.46. The minimum Gasteiger partial charge on any atom is -0.371 e. The number of benzene rings is 1. The number of rotatable bonds is 4. The third-order valence-electron chi connectivity index (χ3n) is 2.75. The fourth-order valence-corrected chi connectivity index (χ4v) is 2.21. The number of nitrogens with one attached hydrogen (secondary N) is 1. The molecule has 0 amide bonds. The minimum atomic E-state index is -0.190.